The number of amides is 2. The van der Waals surface area contributed by atoms with Crippen molar-refractivity contribution >= 4 is 23.8 Å². The van der Waals surface area contributed by atoms with Crippen LogP contribution in [0.2, 0.25) is 0 Å². The van der Waals surface area contributed by atoms with Crippen molar-refractivity contribution in [2.24, 2.45) is 0 Å². The van der Waals surface area contributed by atoms with Gasteiger partial charge in [0.15, 0.2) is 0 Å². The van der Waals surface area contributed by atoms with Gasteiger partial charge in [-0.3, -0.25) is 9.59 Å². The van der Waals surface area contributed by atoms with Crippen LogP contribution in [0.15, 0.2) is 97.1 Å². The minimum Gasteiger partial charge on any atom is -0.508 e. The molecule has 0 bridgehead atoms. The van der Waals surface area contributed by atoms with Crippen molar-refractivity contribution < 1.29 is 33.8 Å². The van der Waals surface area contributed by atoms with Crippen LogP contribution in [0.25, 0.3) is 0 Å². The first-order valence-electron chi connectivity index (χ1n) is 19.8. The molecule has 312 valence electrons. The summed E-state index contributed by atoms with van der Waals surface area (Å²) in [6.07, 6.45) is 0.641. The standard InChI is InChI=1S/C25H33NO3.C24H31NO4/c1-17-8-10-18(11-9-17)16-21(23(28)29-25(5,6)7)26-22(27)19-12-14-20(15-13-19)24(2,3)4;1-23(2,3)18-11-9-17(10-12-18)21(27)25-20(22(28)29-24(4,5)6)15-16-7-13-19(26)14-8-16/h8-15,21H,16H2,1-7H3,(H,26,27);7-14,20,26H,15H2,1-6H3,(H,25,27)/t21-;20-/m00/s1. The second kappa shape index (κ2) is 19.3. The van der Waals surface area contributed by atoms with E-state index in [9.17, 15) is 24.3 Å². The molecule has 0 unspecified atom stereocenters. The maximum Gasteiger partial charge on any atom is 0.329 e. The molecule has 0 saturated carbocycles. The van der Waals surface area contributed by atoms with Crippen LogP contribution in [0.1, 0.15) is 132 Å². The molecule has 0 radical (unpaired) electrons. The molecule has 4 rings (SSSR count). The van der Waals surface area contributed by atoms with Gasteiger partial charge in [-0.05, 0) is 118 Å². The number of hydrogen-bond acceptors (Lipinski definition) is 7. The number of phenolic OH excluding ortho intramolecular Hbond substituents is 1. The van der Waals surface area contributed by atoms with Gasteiger partial charge in [0.05, 0.1) is 0 Å². The van der Waals surface area contributed by atoms with E-state index in [0.29, 0.717) is 17.5 Å². The summed E-state index contributed by atoms with van der Waals surface area (Å²) in [5, 5.41) is 15.1. The number of ether oxygens (including phenoxy) is 2. The number of rotatable bonds is 10. The number of esters is 2. The Labute approximate surface area is 345 Å². The Morgan fingerprint density at radius 2 is 0.810 bits per heavy atom. The van der Waals surface area contributed by atoms with Crippen molar-refractivity contribution in [1.82, 2.24) is 10.6 Å². The molecule has 2 amide bonds. The first-order chi connectivity index (χ1) is 26.7. The molecule has 4 aromatic rings. The molecule has 0 saturated heterocycles. The third kappa shape index (κ3) is 15.8. The molecule has 0 aliphatic heterocycles. The van der Waals surface area contributed by atoms with Gasteiger partial charge in [0.1, 0.15) is 29.0 Å². The normalized spacial score (nSPS) is 12.9. The molecular weight excluding hydrogens is 729 g/mol. The van der Waals surface area contributed by atoms with Crippen LogP contribution in [0, 0.1) is 6.92 Å². The number of carbonyl (C=O) groups excluding carboxylic acids is 4. The van der Waals surface area contributed by atoms with Crippen LogP contribution in [-0.4, -0.2) is 52.1 Å². The molecule has 0 spiro atoms. The lowest BCUT2D eigenvalue weighted by Gasteiger charge is -2.25. The van der Waals surface area contributed by atoms with Gasteiger partial charge >= 0.3 is 11.9 Å². The van der Waals surface area contributed by atoms with E-state index in [1.165, 1.54) is 0 Å². The third-order valence-electron chi connectivity index (χ3n) is 8.96. The van der Waals surface area contributed by atoms with Crippen molar-refractivity contribution in [1.29, 1.82) is 0 Å². The lowest BCUT2D eigenvalue weighted by Crippen LogP contribution is -2.45. The Morgan fingerprint density at radius 1 is 0.500 bits per heavy atom. The molecule has 0 heterocycles. The van der Waals surface area contributed by atoms with E-state index in [4.69, 9.17) is 9.47 Å². The highest BCUT2D eigenvalue weighted by Crippen LogP contribution is 2.24. The first kappa shape index (κ1) is 46.9. The first-order valence-corrected chi connectivity index (χ1v) is 19.8. The fourth-order valence-corrected chi connectivity index (χ4v) is 5.69. The van der Waals surface area contributed by atoms with Crippen LogP contribution in [-0.2, 0) is 42.7 Å². The quantitative estimate of drug-likeness (QED) is 0.137. The number of benzene rings is 4. The van der Waals surface area contributed by atoms with Gasteiger partial charge in [0.2, 0.25) is 0 Å². The van der Waals surface area contributed by atoms with Crippen LogP contribution in [0.3, 0.4) is 0 Å². The van der Waals surface area contributed by atoms with E-state index in [1.807, 2.05) is 76.2 Å². The lowest BCUT2D eigenvalue weighted by atomic mass is 9.86. The van der Waals surface area contributed by atoms with Gasteiger partial charge in [-0.1, -0.05) is 108 Å². The number of aryl methyl sites for hydroxylation is 1. The molecule has 4 aromatic carbocycles. The van der Waals surface area contributed by atoms with Crippen LogP contribution in [0.5, 0.6) is 5.75 Å². The molecule has 0 aromatic heterocycles. The van der Waals surface area contributed by atoms with Crippen molar-refractivity contribution in [2.75, 3.05) is 0 Å². The second-order valence-corrected chi connectivity index (χ2v) is 18.8. The van der Waals surface area contributed by atoms with Gasteiger partial charge in [-0.25, -0.2) is 9.59 Å². The Kier molecular flexibility index (Phi) is 15.6. The highest BCUT2D eigenvalue weighted by molar-refractivity contribution is 5.97. The summed E-state index contributed by atoms with van der Waals surface area (Å²) >= 11 is 0. The average molecular weight is 793 g/mol. The minimum absolute atomic E-state index is 0.00702. The van der Waals surface area contributed by atoms with Gasteiger partial charge in [-0.15, -0.1) is 0 Å². The maximum atomic E-state index is 12.8. The van der Waals surface area contributed by atoms with E-state index < -0.39 is 35.2 Å². The smallest absolute Gasteiger partial charge is 0.329 e. The molecular formula is C49H64N2O7. The predicted octanol–water partition coefficient (Wildman–Crippen LogP) is 9.35. The average Bonchev–Trinajstić information content (AvgIpc) is 3.11. The van der Waals surface area contributed by atoms with Crippen LogP contribution >= 0.6 is 0 Å². The summed E-state index contributed by atoms with van der Waals surface area (Å²) in [6.45, 7) is 25.5. The number of phenols is 1. The fraction of sp³-hybridized carbons (Fsp3) is 0.429. The number of aromatic hydroxyl groups is 1. The van der Waals surface area contributed by atoms with E-state index >= 15 is 0 Å². The van der Waals surface area contributed by atoms with E-state index in [0.717, 1.165) is 27.8 Å². The topological polar surface area (TPSA) is 131 Å². The fourth-order valence-electron chi connectivity index (χ4n) is 5.69. The Bertz CT molecular complexity index is 1830. The van der Waals surface area contributed by atoms with Gasteiger partial charge in [-0.2, -0.15) is 0 Å². The summed E-state index contributed by atoms with van der Waals surface area (Å²) in [7, 11) is 0. The Balaban J connectivity index is 0.000000310. The summed E-state index contributed by atoms with van der Waals surface area (Å²) < 4.78 is 11.0. The molecule has 0 aliphatic carbocycles. The summed E-state index contributed by atoms with van der Waals surface area (Å²) in [6, 6.07) is 27.8. The maximum absolute atomic E-state index is 12.8. The Hall–Kier alpha value is -5.44. The van der Waals surface area contributed by atoms with Crippen molar-refractivity contribution in [3.63, 3.8) is 0 Å². The van der Waals surface area contributed by atoms with Gasteiger partial charge in [0.25, 0.3) is 11.8 Å². The van der Waals surface area contributed by atoms with Crippen LogP contribution in [0.4, 0.5) is 0 Å². The highest BCUT2D eigenvalue weighted by Gasteiger charge is 2.29. The van der Waals surface area contributed by atoms with Crippen LogP contribution < -0.4 is 10.6 Å². The number of hydrogen-bond donors (Lipinski definition) is 3. The van der Waals surface area contributed by atoms with E-state index in [1.54, 1.807) is 69.3 Å². The molecule has 2 atom stereocenters. The molecule has 58 heavy (non-hydrogen) atoms. The van der Waals surface area contributed by atoms with Gasteiger partial charge in [0, 0.05) is 24.0 Å². The SMILES string of the molecule is CC(C)(C)OC(=O)[C@H](Cc1ccc(O)cc1)NC(=O)c1ccc(C(C)(C)C)cc1.Cc1ccc(C[C@H](NC(=O)c2ccc(C(C)(C)C)cc2)C(=O)OC(C)(C)C)cc1. The van der Waals surface area contributed by atoms with E-state index in [2.05, 4.69) is 52.2 Å². The zero-order valence-corrected chi connectivity index (χ0v) is 36.7. The highest BCUT2D eigenvalue weighted by atomic mass is 16.6. The molecule has 3 N–H and O–H groups in total. The number of carbonyl (C=O) groups is 4. The second-order valence-electron chi connectivity index (χ2n) is 18.8. The molecule has 0 fully saturated rings. The largest absolute Gasteiger partial charge is 0.508 e. The summed E-state index contributed by atoms with van der Waals surface area (Å²) in [4.78, 5) is 51.0. The minimum atomic E-state index is -0.839. The van der Waals surface area contributed by atoms with Crippen molar-refractivity contribution in [3.8, 4) is 5.75 Å². The zero-order valence-electron chi connectivity index (χ0n) is 36.7. The third-order valence-corrected chi connectivity index (χ3v) is 8.96. The van der Waals surface area contributed by atoms with Gasteiger partial charge < -0.3 is 25.2 Å². The molecule has 0 aliphatic rings. The lowest BCUT2D eigenvalue weighted by molar-refractivity contribution is -0.158. The van der Waals surface area contributed by atoms with Crippen molar-refractivity contribution in [3.05, 3.63) is 136 Å². The summed E-state index contributed by atoms with van der Waals surface area (Å²) in [5.41, 5.74) is 4.92. The number of nitrogens with one attached hydrogen (secondary N) is 2. The zero-order chi connectivity index (χ0) is 43.6. The monoisotopic (exact) mass is 792 g/mol. The Morgan fingerprint density at radius 3 is 1.10 bits per heavy atom. The molecule has 9 nitrogen and oxygen atoms in total. The summed E-state index contributed by atoms with van der Waals surface area (Å²) in [5.74, 6) is -1.40. The van der Waals surface area contributed by atoms with Crippen molar-refractivity contribution in [2.45, 2.75) is 137 Å². The molecule has 9 heteroatoms. The van der Waals surface area contributed by atoms with E-state index in [-0.39, 0.29) is 34.8 Å². The predicted molar refractivity (Wildman–Crippen MR) is 231 cm³/mol.